The van der Waals surface area contributed by atoms with E-state index in [4.69, 9.17) is 4.42 Å². The van der Waals surface area contributed by atoms with Gasteiger partial charge in [0.25, 0.3) is 0 Å². The molecule has 1 aromatic heterocycles. The molecule has 0 fully saturated rings. The lowest BCUT2D eigenvalue weighted by atomic mass is 10.2. The summed E-state index contributed by atoms with van der Waals surface area (Å²) in [6.07, 6.45) is 2.99. The Balaban J connectivity index is 1.81. The third-order valence-electron chi connectivity index (χ3n) is 3.61. The highest BCUT2D eigenvalue weighted by atomic mass is 16.3. The summed E-state index contributed by atoms with van der Waals surface area (Å²) in [5, 5.41) is 6.24. The number of nitrogens with one attached hydrogen (secondary N) is 2. The summed E-state index contributed by atoms with van der Waals surface area (Å²) in [4.78, 5) is 25.5. The standard InChI is InChI=1S/C18H22N4O3/c1-3-22(4-2)15-9-7-14(8-10-15)12-20-21-18(24)17(23)19-13-16-6-5-11-25-16/h5-12H,3-4,13H2,1-2H3,(H,19,23)(H,21,24)/b20-12-. The van der Waals surface area contributed by atoms with Crippen LogP contribution < -0.4 is 15.6 Å². The number of hydrogen-bond donors (Lipinski definition) is 2. The highest BCUT2D eigenvalue weighted by molar-refractivity contribution is 6.35. The summed E-state index contributed by atoms with van der Waals surface area (Å²) in [7, 11) is 0. The fraction of sp³-hybridized carbons (Fsp3) is 0.278. The minimum absolute atomic E-state index is 0.149. The first-order chi connectivity index (χ1) is 12.1. The highest BCUT2D eigenvalue weighted by Crippen LogP contribution is 2.13. The van der Waals surface area contributed by atoms with Crippen molar-refractivity contribution < 1.29 is 14.0 Å². The van der Waals surface area contributed by atoms with Crippen molar-refractivity contribution in [3.05, 3.63) is 54.0 Å². The molecule has 0 atom stereocenters. The second-order valence-corrected chi connectivity index (χ2v) is 5.22. The molecule has 25 heavy (non-hydrogen) atoms. The van der Waals surface area contributed by atoms with E-state index in [-0.39, 0.29) is 6.54 Å². The van der Waals surface area contributed by atoms with Gasteiger partial charge in [-0.25, -0.2) is 5.43 Å². The number of amides is 2. The summed E-state index contributed by atoms with van der Waals surface area (Å²) in [6, 6.07) is 11.2. The maximum Gasteiger partial charge on any atom is 0.329 e. The van der Waals surface area contributed by atoms with Crippen LogP contribution in [-0.4, -0.2) is 31.1 Å². The molecule has 2 aromatic rings. The van der Waals surface area contributed by atoms with Gasteiger partial charge in [-0.2, -0.15) is 5.10 Å². The van der Waals surface area contributed by atoms with E-state index in [1.54, 1.807) is 12.1 Å². The predicted molar refractivity (Wildman–Crippen MR) is 96.3 cm³/mol. The summed E-state index contributed by atoms with van der Waals surface area (Å²) < 4.78 is 5.07. The molecule has 0 aliphatic carbocycles. The molecule has 2 rings (SSSR count). The first kappa shape index (κ1) is 18.3. The molecule has 0 unspecified atom stereocenters. The second-order valence-electron chi connectivity index (χ2n) is 5.22. The van der Waals surface area contributed by atoms with Crippen LogP contribution in [0.4, 0.5) is 5.69 Å². The number of anilines is 1. The molecule has 132 valence electrons. The number of carbonyl (C=O) groups excluding carboxylic acids is 2. The van der Waals surface area contributed by atoms with E-state index in [0.29, 0.717) is 5.76 Å². The average molecular weight is 342 g/mol. The number of hydrogen-bond acceptors (Lipinski definition) is 5. The third kappa shape index (κ3) is 5.49. The van der Waals surface area contributed by atoms with Crippen molar-refractivity contribution in [2.24, 2.45) is 5.10 Å². The molecule has 1 heterocycles. The smallest absolute Gasteiger partial charge is 0.329 e. The first-order valence-electron chi connectivity index (χ1n) is 8.12. The van der Waals surface area contributed by atoms with Crippen LogP contribution in [-0.2, 0) is 16.1 Å². The summed E-state index contributed by atoms with van der Waals surface area (Å²) in [6.45, 7) is 6.23. The number of hydrazone groups is 1. The van der Waals surface area contributed by atoms with Crippen LogP contribution in [0.15, 0.2) is 52.2 Å². The molecule has 0 saturated carbocycles. The van der Waals surface area contributed by atoms with Gasteiger partial charge in [0.15, 0.2) is 0 Å². The Bertz CT molecular complexity index is 704. The summed E-state index contributed by atoms with van der Waals surface area (Å²) >= 11 is 0. The number of benzene rings is 1. The molecule has 2 N–H and O–H groups in total. The molecule has 7 heteroatoms. The minimum Gasteiger partial charge on any atom is -0.467 e. The molecule has 0 saturated heterocycles. The van der Waals surface area contributed by atoms with Crippen molar-refractivity contribution in [3.63, 3.8) is 0 Å². The van der Waals surface area contributed by atoms with E-state index in [1.807, 2.05) is 24.3 Å². The fourth-order valence-electron chi connectivity index (χ4n) is 2.24. The molecule has 7 nitrogen and oxygen atoms in total. The SMILES string of the molecule is CCN(CC)c1ccc(/C=N\NC(=O)C(=O)NCc2ccco2)cc1. The van der Waals surface area contributed by atoms with E-state index < -0.39 is 11.8 Å². The van der Waals surface area contributed by atoms with Crippen LogP contribution in [0, 0.1) is 0 Å². The van der Waals surface area contributed by atoms with Gasteiger partial charge in [0, 0.05) is 18.8 Å². The van der Waals surface area contributed by atoms with E-state index >= 15 is 0 Å². The third-order valence-corrected chi connectivity index (χ3v) is 3.61. The van der Waals surface area contributed by atoms with Crippen molar-refractivity contribution in [1.82, 2.24) is 10.7 Å². The van der Waals surface area contributed by atoms with Crippen molar-refractivity contribution in [2.45, 2.75) is 20.4 Å². The quantitative estimate of drug-likeness (QED) is 0.457. The maximum absolute atomic E-state index is 11.6. The van der Waals surface area contributed by atoms with Crippen molar-refractivity contribution >= 4 is 23.7 Å². The Morgan fingerprint density at radius 1 is 1.12 bits per heavy atom. The van der Waals surface area contributed by atoms with Crippen molar-refractivity contribution in [3.8, 4) is 0 Å². The molecule has 2 amide bonds. The zero-order valence-corrected chi connectivity index (χ0v) is 14.4. The molecule has 0 aliphatic rings. The van der Waals surface area contributed by atoms with Gasteiger partial charge < -0.3 is 14.6 Å². The van der Waals surface area contributed by atoms with Crippen LogP contribution in [0.3, 0.4) is 0 Å². The highest BCUT2D eigenvalue weighted by Gasteiger charge is 2.12. The molecule has 0 bridgehead atoms. The molecule has 1 aromatic carbocycles. The van der Waals surface area contributed by atoms with Gasteiger partial charge in [0.2, 0.25) is 0 Å². The predicted octanol–water partition coefficient (Wildman–Crippen LogP) is 1.89. The van der Waals surface area contributed by atoms with E-state index in [2.05, 4.69) is 34.6 Å². The molecular weight excluding hydrogens is 320 g/mol. The topological polar surface area (TPSA) is 86.9 Å². The summed E-state index contributed by atoms with van der Waals surface area (Å²) in [5.74, 6) is -1.04. The molecule has 0 aliphatic heterocycles. The van der Waals surface area contributed by atoms with Crippen molar-refractivity contribution in [1.29, 1.82) is 0 Å². The Labute approximate surface area is 146 Å². The Hall–Kier alpha value is -3.09. The van der Waals surface area contributed by atoms with Crippen LogP contribution in [0.2, 0.25) is 0 Å². The van der Waals surface area contributed by atoms with Gasteiger partial charge in [0.1, 0.15) is 5.76 Å². The lowest BCUT2D eigenvalue weighted by molar-refractivity contribution is -0.139. The van der Waals surface area contributed by atoms with Gasteiger partial charge in [-0.15, -0.1) is 0 Å². The average Bonchev–Trinajstić information content (AvgIpc) is 3.15. The number of furan rings is 1. The van der Waals surface area contributed by atoms with Gasteiger partial charge >= 0.3 is 11.8 Å². The number of nitrogens with zero attached hydrogens (tertiary/aromatic N) is 2. The van der Waals surface area contributed by atoms with Crippen LogP contribution in [0.1, 0.15) is 25.2 Å². The Morgan fingerprint density at radius 2 is 1.84 bits per heavy atom. The van der Waals surface area contributed by atoms with E-state index in [0.717, 1.165) is 24.3 Å². The monoisotopic (exact) mass is 342 g/mol. The van der Waals surface area contributed by atoms with Crippen LogP contribution >= 0.6 is 0 Å². The molecule has 0 radical (unpaired) electrons. The maximum atomic E-state index is 11.6. The molecular formula is C18H22N4O3. The fourth-order valence-corrected chi connectivity index (χ4v) is 2.24. The Kier molecular flexibility index (Phi) is 6.76. The zero-order valence-electron chi connectivity index (χ0n) is 14.4. The van der Waals surface area contributed by atoms with Gasteiger partial charge in [0.05, 0.1) is 19.0 Å². The summed E-state index contributed by atoms with van der Waals surface area (Å²) in [5.41, 5.74) is 4.15. The minimum atomic E-state index is -0.831. The van der Waals surface area contributed by atoms with Crippen LogP contribution in [0.5, 0.6) is 0 Å². The zero-order chi connectivity index (χ0) is 18.1. The number of rotatable bonds is 7. The van der Waals surface area contributed by atoms with Gasteiger partial charge in [-0.05, 0) is 43.7 Å². The first-order valence-corrected chi connectivity index (χ1v) is 8.12. The lowest BCUT2D eigenvalue weighted by Crippen LogP contribution is -2.37. The van der Waals surface area contributed by atoms with E-state index in [1.165, 1.54) is 12.5 Å². The van der Waals surface area contributed by atoms with Gasteiger partial charge in [-0.1, -0.05) is 12.1 Å². The van der Waals surface area contributed by atoms with Gasteiger partial charge in [-0.3, -0.25) is 9.59 Å². The lowest BCUT2D eigenvalue weighted by Gasteiger charge is -2.20. The van der Waals surface area contributed by atoms with E-state index in [9.17, 15) is 9.59 Å². The van der Waals surface area contributed by atoms with Crippen molar-refractivity contribution in [2.75, 3.05) is 18.0 Å². The number of carbonyl (C=O) groups is 2. The normalized spacial score (nSPS) is 10.6. The Morgan fingerprint density at radius 3 is 2.44 bits per heavy atom. The van der Waals surface area contributed by atoms with Crippen LogP contribution in [0.25, 0.3) is 0 Å². The molecule has 0 spiro atoms. The largest absolute Gasteiger partial charge is 0.467 e. The second kappa shape index (κ2) is 9.27.